The first-order chi connectivity index (χ1) is 15.7. The number of rotatable bonds is 9. The second kappa shape index (κ2) is 10.3. The number of ether oxygens (including phenoxy) is 1. The Hall–Kier alpha value is -3.39. The lowest BCUT2D eigenvalue weighted by molar-refractivity contribution is 0.363. The summed E-state index contributed by atoms with van der Waals surface area (Å²) in [6, 6.07) is 26.1. The molecule has 0 amide bonds. The highest BCUT2D eigenvalue weighted by atomic mass is 19.1. The van der Waals surface area contributed by atoms with E-state index in [1.807, 2.05) is 66.7 Å². The molecule has 4 aromatic carbocycles. The number of hydrogen-bond acceptors (Lipinski definition) is 1. The Kier molecular flexibility index (Phi) is 7.01. The van der Waals surface area contributed by atoms with Crippen molar-refractivity contribution >= 4 is 10.8 Å². The molecule has 0 aromatic heterocycles. The van der Waals surface area contributed by atoms with Crippen molar-refractivity contribution in [3.05, 3.63) is 103 Å². The van der Waals surface area contributed by atoms with E-state index in [2.05, 4.69) is 25.6 Å². The zero-order valence-corrected chi connectivity index (χ0v) is 18.6. The molecule has 0 aliphatic carbocycles. The van der Waals surface area contributed by atoms with Gasteiger partial charge in [0, 0.05) is 10.9 Å². The van der Waals surface area contributed by atoms with Crippen LogP contribution < -0.4 is 4.74 Å². The van der Waals surface area contributed by atoms with Crippen molar-refractivity contribution in [3.63, 3.8) is 0 Å². The predicted octanol–water partition coefficient (Wildman–Crippen LogP) is 8.61. The van der Waals surface area contributed by atoms with Crippen LogP contribution in [-0.2, 0) is 6.42 Å². The van der Waals surface area contributed by atoms with Crippen LogP contribution in [0.5, 0.6) is 5.75 Å². The summed E-state index contributed by atoms with van der Waals surface area (Å²) < 4.78 is 20.9. The van der Waals surface area contributed by atoms with Gasteiger partial charge in [-0.25, -0.2) is 4.39 Å². The molecule has 0 unspecified atom stereocenters. The molecule has 0 N–H and O–H groups in total. The second-order valence-corrected chi connectivity index (χ2v) is 8.14. The SMILES string of the molecule is C=CCOc1ccc(-c2ccc(-c3ccc4cc(CCCCC)ccc4c3F)cc2)cc1. The summed E-state index contributed by atoms with van der Waals surface area (Å²) in [5.74, 6) is 0.663. The molecule has 4 aromatic rings. The first kappa shape index (κ1) is 21.8. The van der Waals surface area contributed by atoms with Gasteiger partial charge in [0.2, 0.25) is 0 Å². The first-order valence-electron chi connectivity index (χ1n) is 11.4. The maximum atomic E-state index is 15.3. The van der Waals surface area contributed by atoms with Crippen LogP contribution in [0.1, 0.15) is 31.7 Å². The lowest BCUT2D eigenvalue weighted by Crippen LogP contribution is -1.92. The van der Waals surface area contributed by atoms with Gasteiger partial charge in [-0.3, -0.25) is 0 Å². The molecule has 0 spiro atoms. The molecule has 0 aliphatic rings. The summed E-state index contributed by atoms with van der Waals surface area (Å²) in [6.07, 6.45) is 6.40. The molecule has 0 bridgehead atoms. The minimum atomic E-state index is -0.154. The van der Waals surface area contributed by atoms with Crippen molar-refractivity contribution in [2.45, 2.75) is 32.6 Å². The highest BCUT2D eigenvalue weighted by Crippen LogP contribution is 2.31. The fraction of sp³-hybridized carbons (Fsp3) is 0.200. The fourth-order valence-electron chi connectivity index (χ4n) is 4.04. The molecule has 0 aliphatic heterocycles. The third-order valence-electron chi connectivity index (χ3n) is 5.84. The quantitative estimate of drug-likeness (QED) is 0.193. The Morgan fingerprint density at radius 3 is 2.19 bits per heavy atom. The average Bonchev–Trinajstić information content (AvgIpc) is 2.84. The maximum Gasteiger partial charge on any atom is 0.138 e. The van der Waals surface area contributed by atoms with Crippen LogP contribution in [0.4, 0.5) is 4.39 Å². The molecule has 1 nitrogen and oxygen atoms in total. The Morgan fingerprint density at radius 1 is 0.812 bits per heavy atom. The van der Waals surface area contributed by atoms with Gasteiger partial charge in [-0.2, -0.15) is 0 Å². The van der Waals surface area contributed by atoms with Crippen LogP contribution >= 0.6 is 0 Å². The predicted molar refractivity (Wildman–Crippen MR) is 134 cm³/mol. The molecule has 0 radical (unpaired) electrons. The molecule has 0 heterocycles. The summed E-state index contributed by atoms with van der Waals surface area (Å²) in [7, 11) is 0. The van der Waals surface area contributed by atoms with E-state index in [1.54, 1.807) is 6.08 Å². The third kappa shape index (κ3) is 4.91. The van der Waals surface area contributed by atoms with E-state index in [0.717, 1.165) is 34.2 Å². The molecule has 0 saturated carbocycles. The molecule has 0 saturated heterocycles. The summed E-state index contributed by atoms with van der Waals surface area (Å²) in [5.41, 5.74) is 4.98. The largest absolute Gasteiger partial charge is 0.490 e. The standard InChI is InChI=1S/C30H29FO/c1-3-5-6-7-22-8-18-29-26(21-22)15-19-28(30(29)31)25-11-9-23(10-12-25)24-13-16-27(17-14-24)32-20-4-2/h4,8-19,21H,2-3,5-7,20H2,1H3. The van der Waals surface area contributed by atoms with Gasteiger partial charge in [0.15, 0.2) is 0 Å². The first-order valence-corrected chi connectivity index (χ1v) is 11.4. The minimum Gasteiger partial charge on any atom is -0.490 e. The van der Waals surface area contributed by atoms with Gasteiger partial charge in [-0.05, 0) is 52.6 Å². The van der Waals surface area contributed by atoms with Gasteiger partial charge in [0.1, 0.15) is 18.2 Å². The van der Waals surface area contributed by atoms with Gasteiger partial charge in [-0.1, -0.05) is 99.2 Å². The number of hydrogen-bond donors (Lipinski definition) is 0. The van der Waals surface area contributed by atoms with E-state index < -0.39 is 0 Å². The Balaban J connectivity index is 1.55. The van der Waals surface area contributed by atoms with Crippen LogP contribution in [0, 0.1) is 5.82 Å². The number of unbranched alkanes of at least 4 members (excludes halogenated alkanes) is 2. The van der Waals surface area contributed by atoms with E-state index in [9.17, 15) is 0 Å². The zero-order valence-electron chi connectivity index (χ0n) is 18.6. The smallest absolute Gasteiger partial charge is 0.138 e. The van der Waals surface area contributed by atoms with E-state index in [-0.39, 0.29) is 5.82 Å². The van der Waals surface area contributed by atoms with Crippen molar-refractivity contribution < 1.29 is 9.13 Å². The zero-order chi connectivity index (χ0) is 22.3. The number of fused-ring (bicyclic) bond motifs is 1. The summed E-state index contributed by atoms with van der Waals surface area (Å²) >= 11 is 0. The van der Waals surface area contributed by atoms with Crippen LogP contribution in [0.15, 0.2) is 91.5 Å². The highest BCUT2D eigenvalue weighted by molar-refractivity contribution is 5.89. The summed E-state index contributed by atoms with van der Waals surface area (Å²) in [6.45, 7) is 6.36. The average molecular weight is 425 g/mol. The Bertz CT molecular complexity index is 1190. The summed E-state index contributed by atoms with van der Waals surface area (Å²) in [4.78, 5) is 0. The van der Waals surface area contributed by atoms with Crippen molar-refractivity contribution in [2.24, 2.45) is 0 Å². The summed E-state index contributed by atoms with van der Waals surface area (Å²) in [5, 5.41) is 1.65. The third-order valence-corrected chi connectivity index (χ3v) is 5.84. The van der Waals surface area contributed by atoms with Crippen molar-refractivity contribution in [2.75, 3.05) is 6.61 Å². The Labute approximate surface area is 190 Å². The van der Waals surface area contributed by atoms with Crippen LogP contribution in [0.25, 0.3) is 33.0 Å². The van der Waals surface area contributed by atoms with Gasteiger partial charge >= 0.3 is 0 Å². The topological polar surface area (TPSA) is 9.23 Å². The number of aryl methyl sites for hydroxylation is 1. The van der Waals surface area contributed by atoms with E-state index in [4.69, 9.17) is 4.74 Å². The van der Waals surface area contributed by atoms with Crippen LogP contribution in [-0.4, -0.2) is 6.61 Å². The van der Waals surface area contributed by atoms with Crippen molar-refractivity contribution in [1.82, 2.24) is 0 Å². The maximum absolute atomic E-state index is 15.3. The number of halogens is 1. The minimum absolute atomic E-state index is 0.154. The molecule has 0 fully saturated rings. The second-order valence-electron chi connectivity index (χ2n) is 8.14. The van der Waals surface area contributed by atoms with E-state index >= 15 is 4.39 Å². The Morgan fingerprint density at radius 2 is 1.50 bits per heavy atom. The van der Waals surface area contributed by atoms with Crippen molar-refractivity contribution in [1.29, 1.82) is 0 Å². The monoisotopic (exact) mass is 424 g/mol. The van der Waals surface area contributed by atoms with Crippen molar-refractivity contribution in [3.8, 4) is 28.0 Å². The normalized spacial score (nSPS) is 10.9. The lowest BCUT2D eigenvalue weighted by atomic mass is 9.96. The molecule has 32 heavy (non-hydrogen) atoms. The molecule has 4 rings (SSSR count). The van der Waals surface area contributed by atoms with Gasteiger partial charge in [0.25, 0.3) is 0 Å². The van der Waals surface area contributed by atoms with Crippen LogP contribution in [0.3, 0.4) is 0 Å². The molecular weight excluding hydrogens is 395 g/mol. The molecule has 2 heteroatoms. The van der Waals surface area contributed by atoms with E-state index in [1.165, 1.54) is 24.8 Å². The van der Waals surface area contributed by atoms with E-state index in [0.29, 0.717) is 17.6 Å². The van der Waals surface area contributed by atoms with Gasteiger partial charge in [0.05, 0.1) is 0 Å². The molecular formula is C30H29FO. The van der Waals surface area contributed by atoms with Crippen LogP contribution in [0.2, 0.25) is 0 Å². The van der Waals surface area contributed by atoms with Gasteiger partial charge in [-0.15, -0.1) is 0 Å². The highest BCUT2D eigenvalue weighted by Gasteiger charge is 2.10. The fourth-order valence-corrected chi connectivity index (χ4v) is 4.04. The lowest BCUT2D eigenvalue weighted by Gasteiger charge is -2.10. The molecule has 0 atom stereocenters. The number of benzene rings is 4. The van der Waals surface area contributed by atoms with Gasteiger partial charge < -0.3 is 4.74 Å². The molecule has 162 valence electrons.